The van der Waals surface area contributed by atoms with Gasteiger partial charge in [0.15, 0.2) is 11.6 Å². The highest BCUT2D eigenvalue weighted by atomic mass is 19.2. The van der Waals surface area contributed by atoms with Crippen molar-refractivity contribution in [3.8, 4) is 0 Å². The molecule has 1 aromatic rings. The highest BCUT2D eigenvalue weighted by molar-refractivity contribution is 5.17. The Morgan fingerprint density at radius 3 is 2.67 bits per heavy atom. The molecular formula is C15H22F2N2O2. The van der Waals surface area contributed by atoms with Gasteiger partial charge in [-0.05, 0) is 24.7 Å². The molecule has 1 fully saturated rings. The minimum Gasteiger partial charge on any atom is -0.390 e. The molecule has 2 rings (SSSR count). The fourth-order valence-corrected chi connectivity index (χ4v) is 2.51. The van der Waals surface area contributed by atoms with Gasteiger partial charge < -0.3 is 9.84 Å². The Morgan fingerprint density at radius 2 is 2.00 bits per heavy atom. The van der Waals surface area contributed by atoms with Crippen molar-refractivity contribution < 1.29 is 18.6 Å². The lowest BCUT2D eigenvalue weighted by Crippen LogP contribution is -2.43. The lowest BCUT2D eigenvalue weighted by molar-refractivity contribution is 0.00825. The molecule has 0 amide bonds. The average Bonchev–Trinajstić information content (AvgIpc) is 2.43. The van der Waals surface area contributed by atoms with Crippen LogP contribution in [0.5, 0.6) is 0 Å². The third-order valence-electron chi connectivity index (χ3n) is 3.53. The number of hydrogen-bond acceptors (Lipinski definition) is 4. The first kappa shape index (κ1) is 16.3. The molecule has 21 heavy (non-hydrogen) atoms. The molecule has 0 aliphatic carbocycles. The van der Waals surface area contributed by atoms with Gasteiger partial charge in [-0.1, -0.05) is 6.07 Å². The molecule has 1 aliphatic rings. The quantitative estimate of drug-likeness (QED) is 0.853. The fraction of sp³-hybridized carbons (Fsp3) is 0.600. The number of likely N-dealkylation sites (N-methyl/N-ethyl adjacent to an activating group) is 1. The van der Waals surface area contributed by atoms with Crippen LogP contribution in [0, 0.1) is 11.6 Å². The molecule has 1 aromatic carbocycles. The molecule has 0 aromatic heterocycles. The second-order valence-corrected chi connectivity index (χ2v) is 5.51. The maximum absolute atomic E-state index is 13.1. The largest absolute Gasteiger partial charge is 0.390 e. The van der Waals surface area contributed by atoms with Gasteiger partial charge in [0, 0.05) is 32.7 Å². The minimum atomic E-state index is -0.839. The van der Waals surface area contributed by atoms with Crippen LogP contribution in [0.15, 0.2) is 18.2 Å². The summed E-state index contributed by atoms with van der Waals surface area (Å²) in [6.07, 6.45) is -0.474. The van der Waals surface area contributed by atoms with E-state index >= 15 is 0 Å². The molecule has 1 unspecified atom stereocenters. The summed E-state index contributed by atoms with van der Waals surface area (Å²) in [7, 11) is 1.85. The number of β-amino-alcohol motifs (C(OH)–C–C–N with tert-alkyl or cyclic N) is 1. The zero-order chi connectivity index (χ0) is 15.2. The third-order valence-corrected chi connectivity index (χ3v) is 3.53. The molecule has 4 nitrogen and oxygen atoms in total. The molecule has 1 saturated heterocycles. The number of aliphatic hydroxyl groups excluding tert-OH is 1. The minimum absolute atomic E-state index is 0.470. The Balaban J connectivity index is 1.77. The van der Waals surface area contributed by atoms with E-state index in [1.54, 1.807) is 6.07 Å². The summed E-state index contributed by atoms with van der Waals surface area (Å²) in [4.78, 5) is 4.07. The van der Waals surface area contributed by atoms with Crippen molar-refractivity contribution in [3.63, 3.8) is 0 Å². The number of benzene rings is 1. The van der Waals surface area contributed by atoms with Crippen molar-refractivity contribution in [2.45, 2.75) is 12.6 Å². The number of rotatable bonds is 6. The van der Waals surface area contributed by atoms with Gasteiger partial charge in [-0.25, -0.2) is 8.78 Å². The predicted octanol–water partition coefficient (Wildman–Crippen LogP) is 1.09. The van der Waals surface area contributed by atoms with Gasteiger partial charge in [0.2, 0.25) is 0 Å². The molecule has 1 heterocycles. The van der Waals surface area contributed by atoms with Crippen molar-refractivity contribution in [2.75, 3.05) is 46.4 Å². The number of halogens is 2. The summed E-state index contributed by atoms with van der Waals surface area (Å²) < 4.78 is 31.3. The highest BCUT2D eigenvalue weighted by Crippen LogP contribution is 2.10. The summed E-state index contributed by atoms with van der Waals surface area (Å²) in [5.41, 5.74) is 0.690. The summed E-state index contributed by atoms with van der Waals surface area (Å²) in [6.45, 7) is 4.64. The molecule has 0 bridgehead atoms. The topological polar surface area (TPSA) is 35.9 Å². The van der Waals surface area contributed by atoms with Gasteiger partial charge in [-0.2, -0.15) is 0 Å². The standard InChI is InChI=1S/C15H22F2N2O2/c1-18(9-12-2-3-14(16)15(17)8-12)10-13(20)11-19-4-6-21-7-5-19/h2-3,8,13,20H,4-7,9-11H2,1H3. The van der Waals surface area contributed by atoms with Gasteiger partial charge in [-0.15, -0.1) is 0 Å². The molecule has 0 saturated carbocycles. The van der Waals surface area contributed by atoms with Crippen molar-refractivity contribution in [3.05, 3.63) is 35.4 Å². The van der Waals surface area contributed by atoms with Crippen LogP contribution in [0.3, 0.4) is 0 Å². The second-order valence-electron chi connectivity index (χ2n) is 5.51. The third kappa shape index (κ3) is 5.32. The molecule has 6 heteroatoms. The van der Waals surface area contributed by atoms with Crippen molar-refractivity contribution in [2.24, 2.45) is 0 Å². The zero-order valence-electron chi connectivity index (χ0n) is 12.3. The predicted molar refractivity (Wildman–Crippen MR) is 76.0 cm³/mol. The maximum atomic E-state index is 13.1. The molecule has 0 spiro atoms. The van der Waals surface area contributed by atoms with Crippen LogP contribution >= 0.6 is 0 Å². The van der Waals surface area contributed by atoms with Gasteiger partial charge >= 0.3 is 0 Å². The first-order valence-corrected chi connectivity index (χ1v) is 7.15. The molecule has 0 radical (unpaired) electrons. The van der Waals surface area contributed by atoms with Gasteiger partial charge in [0.25, 0.3) is 0 Å². The van der Waals surface area contributed by atoms with E-state index in [4.69, 9.17) is 4.74 Å². The summed E-state index contributed by atoms with van der Waals surface area (Å²) in [6, 6.07) is 3.88. The Labute approximate surface area is 123 Å². The Kier molecular flexibility index (Phi) is 6.05. The smallest absolute Gasteiger partial charge is 0.159 e. The summed E-state index contributed by atoms with van der Waals surface area (Å²) >= 11 is 0. The van der Waals surface area contributed by atoms with E-state index in [2.05, 4.69) is 4.90 Å². The lowest BCUT2D eigenvalue weighted by atomic mass is 10.2. The van der Waals surface area contributed by atoms with Crippen LogP contribution < -0.4 is 0 Å². The van der Waals surface area contributed by atoms with Gasteiger partial charge in [0.05, 0.1) is 19.3 Å². The van der Waals surface area contributed by atoms with E-state index in [0.29, 0.717) is 38.4 Å². The number of morpholine rings is 1. The van der Waals surface area contributed by atoms with Crippen LogP contribution in [0.1, 0.15) is 5.56 Å². The first-order chi connectivity index (χ1) is 10.0. The van der Waals surface area contributed by atoms with Crippen LogP contribution in [-0.4, -0.2) is 67.5 Å². The van der Waals surface area contributed by atoms with Crippen molar-refractivity contribution in [1.82, 2.24) is 9.80 Å². The molecule has 1 aliphatic heterocycles. The SMILES string of the molecule is CN(Cc1ccc(F)c(F)c1)CC(O)CN1CCOCC1. The monoisotopic (exact) mass is 300 g/mol. The number of ether oxygens (including phenoxy) is 1. The van der Waals surface area contributed by atoms with Gasteiger partial charge in [-0.3, -0.25) is 9.80 Å². The van der Waals surface area contributed by atoms with Crippen molar-refractivity contribution in [1.29, 1.82) is 0 Å². The summed E-state index contributed by atoms with van der Waals surface area (Å²) in [5, 5.41) is 10.1. The summed E-state index contributed by atoms with van der Waals surface area (Å²) in [5.74, 6) is -1.68. The Bertz CT molecular complexity index is 453. The van der Waals surface area contributed by atoms with E-state index < -0.39 is 17.7 Å². The van der Waals surface area contributed by atoms with Gasteiger partial charge in [0.1, 0.15) is 0 Å². The van der Waals surface area contributed by atoms with Crippen molar-refractivity contribution >= 4 is 0 Å². The molecule has 118 valence electrons. The van der Waals surface area contributed by atoms with Crippen LogP contribution in [0.4, 0.5) is 8.78 Å². The Morgan fingerprint density at radius 1 is 1.29 bits per heavy atom. The van der Waals surface area contributed by atoms with E-state index in [-0.39, 0.29) is 0 Å². The number of aliphatic hydroxyl groups is 1. The molecule has 1 atom stereocenters. The number of hydrogen-bond donors (Lipinski definition) is 1. The van der Waals surface area contributed by atoms with E-state index in [9.17, 15) is 13.9 Å². The normalized spacial score (nSPS) is 18.1. The first-order valence-electron chi connectivity index (χ1n) is 7.15. The molecular weight excluding hydrogens is 278 g/mol. The lowest BCUT2D eigenvalue weighted by Gasteiger charge is -2.30. The van der Waals surface area contributed by atoms with E-state index in [1.807, 2.05) is 11.9 Å². The fourth-order valence-electron chi connectivity index (χ4n) is 2.51. The highest BCUT2D eigenvalue weighted by Gasteiger charge is 2.16. The second kappa shape index (κ2) is 7.79. The Hall–Kier alpha value is -1.08. The average molecular weight is 300 g/mol. The van der Waals surface area contributed by atoms with E-state index in [1.165, 1.54) is 6.07 Å². The number of nitrogens with zero attached hydrogens (tertiary/aromatic N) is 2. The van der Waals surface area contributed by atoms with Crippen LogP contribution in [-0.2, 0) is 11.3 Å². The maximum Gasteiger partial charge on any atom is 0.159 e. The van der Waals surface area contributed by atoms with E-state index in [0.717, 1.165) is 19.2 Å². The zero-order valence-corrected chi connectivity index (χ0v) is 12.3. The molecule has 1 N–H and O–H groups in total. The van der Waals surface area contributed by atoms with Crippen LogP contribution in [0.2, 0.25) is 0 Å². The van der Waals surface area contributed by atoms with Crippen LogP contribution in [0.25, 0.3) is 0 Å².